The minimum atomic E-state index is 0.180. The van der Waals surface area contributed by atoms with E-state index in [1.54, 1.807) is 0 Å². The number of benzene rings is 8. The van der Waals surface area contributed by atoms with Crippen molar-refractivity contribution < 1.29 is 66.3 Å². The molecular formula is C116H180O14. The van der Waals surface area contributed by atoms with Crippen molar-refractivity contribution in [3.63, 3.8) is 0 Å². The molecule has 0 spiro atoms. The molecule has 0 unspecified atom stereocenters. The van der Waals surface area contributed by atoms with E-state index in [1.165, 1.54) is 257 Å². The Balaban J connectivity index is 1.17. The predicted octanol–water partition coefficient (Wildman–Crippen LogP) is 34.9. The average molecular weight is 1800 g/mol. The molecule has 0 atom stereocenters. The Hall–Kier alpha value is -7.16. The van der Waals surface area contributed by atoms with Crippen molar-refractivity contribution in [1.82, 2.24) is 0 Å². The maximum atomic E-state index is 7.19. The van der Waals surface area contributed by atoms with E-state index in [2.05, 4.69) is 128 Å². The number of hydrogen-bond acceptors (Lipinski definition) is 14. The molecule has 0 aliphatic carbocycles. The first-order valence-electron chi connectivity index (χ1n) is 54.2. The van der Waals surface area contributed by atoms with E-state index < -0.39 is 0 Å². The van der Waals surface area contributed by atoms with Gasteiger partial charge in [-0.3, -0.25) is 0 Å². The van der Waals surface area contributed by atoms with Gasteiger partial charge in [0.05, 0.1) is 79.3 Å². The number of hydrogen-bond donors (Lipinski definition) is 0. The molecule has 0 radical (unpaired) electrons. The Morgan fingerprint density at radius 2 is 0.262 bits per heavy atom. The van der Waals surface area contributed by atoms with E-state index in [4.69, 9.17) is 66.3 Å². The van der Waals surface area contributed by atoms with Gasteiger partial charge in [-0.1, -0.05) is 364 Å². The number of ether oxygens (including phenoxy) is 14. The van der Waals surface area contributed by atoms with Crippen molar-refractivity contribution in [2.24, 2.45) is 0 Å². The van der Waals surface area contributed by atoms with Crippen LogP contribution in [0.4, 0.5) is 0 Å². The molecule has 8 aromatic rings. The van der Waals surface area contributed by atoms with Crippen LogP contribution in [-0.2, 0) is 9.47 Å². The fourth-order valence-corrected chi connectivity index (χ4v) is 18.4. The van der Waals surface area contributed by atoms with Gasteiger partial charge in [0.1, 0.15) is 26.4 Å². The first-order chi connectivity index (χ1) is 64.4. The second-order valence-electron chi connectivity index (χ2n) is 37.4. The molecule has 14 heteroatoms. The van der Waals surface area contributed by atoms with Crippen LogP contribution < -0.4 is 56.8 Å². The second-order valence-corrected chi connectivity index (χ2v) is 37.4. The molecule has 1 aliphatic heterocycles. The molecule has 0 aromatic heterocycles. The van der Waals surface area contributed by atoms with Crippen molar-refractivity contribution >= 4 is 64.6 Å². The van der Waals surface area contributed by atoms with Gasteiger partial charge < -0.3 is 66.3 Å². The van der Waals surface area contributed by atoms with Crippen LogP contribution in [0.25, 0.3) is 64.6 Å². The summed E-state index contributed by atoms with van der Waals surface area (Å²) in [7, 11) is 0. The maximum Gasteiger partial charge on any atom is 0.162 e. The zero-order valence-corrected chi connectivity index (χ0v) is 83.6. The van der Waals surface area contributed by atoms with Gasteiger partial charge in [-0.05, 0) is 189 Å². The van der Waals surface area contributed by atoms with Crippen molar-refractivity contribution in [2.45, 2.75) is 415 Å². The summed E-state index contributed by atoms with van der Waals surface area (Å²) in [5, 5.41) is 12.3. The molecule has 0 saturated heterocycles. The zero-order valence-electron chi connectivity index (χ0n) is 83.6. The van der Waals surface area contributed by atoms with Crippen molar-refractivity contribution in [3.8, 4) is 69.0 Å². The lowest BCUT2D eigenvalue weighted by molar-refractivity contribution is 0.0265. The lowest BCUT2D eigenvalue weighted by Crippen LogP contribution is -2.15. The first kappa shape index (κ1) is 107. The molecule has 0 bridgehead atoms. The fourth-order valence-electron chi connectivity index (χ4n) is 18.4. The molecule has 0 amide bonds. The average Bonchev–Trinajstić information content (AvgIpc) is 0.730. The van der Waals surface area contributed by atoms with Gasteiger partial charge in [0.25, 0.3) is 0 Å². The van der Waals surface area contributed by atoms with Crippen LogP contribution in [0.3, 0.4) is 0 Å². The maximum absolute atomic E-state index is 7.19. The molecular weight excluding hydrogens is 1620 g/mol. The van der Waals surface area contributed by atoms with Gasteiger partial charge in [0, 0.05) is 0 Å². The van der Waals surface area contributed by atoms with Crippen molar-refractivity contribution in [1.29, 1.82) is 0 Å². The smallest absolute Gasteiger partial charge is 0.162 e. The molecule has 0 fully saturated rings. The molecule has 728 valence electrons. The highest BCUT2D eigenvalue weighted by Crippen LogP contribution is 2.51. The van der Waals surface area contributed by atoms with Crippen LogP contribution in [0.15, 0.2) is 72.8 Å². The van der Waals surface area contributed by atoms with Gasteiger partial charge >= 0.3 is 0 Å². The fraction of sp³-hybridized carbons (Fsp3) is 0.690. The minimum Gasteiger partial charge on any atom is -0.490 e. The van der Waals surface area contributed by atoms with E-state index >= 15 is 0 Å². The molecule has 130 heavy (non-hydrogen) atoms. The molecule has 9 rings (SSSR count). The standard InChI is InChI=1S/C116H180O14/c1-9-17-25-33-41-49-57-65-119-105-81-93-95-83-107(121-67-59-51-43-35-27-19-11-3)111(125-71-63-55-47-39-31-23-15-7)87-99(95)103-91-115-113(89-101(103)97(93)85-109(105)123-69-61-53-45-37-29-21-13-5)127-77-75-117-73-74-118-76-78-128-114-90-102-98-86-110(124-70-62-54-46-38-30-22-14-6)106(120-66-58-50-42-34-26-18-10-2)82-94(98)96-84-108(122-68-60-52-44-36-28-20-12-4)112(126-72-64-56-48-40-32-24-16-8)88-100(96)104(102)92-116(114)130-80-79-129-115/h81-92H,9-80H2,1-8H3. The van der Waals surface area contributed by atoms with E-state index in [0.717, 1.165) is 213 Å². The summed E-state index contributed by atoms with van der Waals surface area (Å²) in [6, 6.07) is 26.7. The van der Waals surface area contributed by atoms with Crippen LogP contribution in [0, 0.1) is 0 Å². The summed E-state index contributed by atoms with van der Waals surface area (Å²) < 4.78 is 96.9. The molecule has 8 aromatic carbocycles. The molecule has 0 saturated carbocycles. The highest BCUT2D eigenvalue weighted by Gasteiger charge is 2.25. The van der Waals surface area contributed by atoms with Crippen molar-refractivity contribution in [3.05, 3.63) is 72.8 Å². The highest BCUT2D eigenvalue weighted by molar-refractivity contribution is 6.28. The summed E-state index contributed by atoms with van der Waals surface area (Å²) in [5.74, 6) is 8.50. The number of rotatable bonds is 72. The quantitative estimate of drug-likeness (QED) is 0.0265. The summed E-state index contributed by atoms with van der Waals surface area (Å²) in [4.78, 5) is 0. The molecule has 1 heterocycles. The molecule has 0 N–H and O–H groups in total. The van der Waals surface area contributed by atoms with E-state index in [9.17, 15) is 0 Å². The Labute approximate surface area is 788 Å². The molecule has 1 aliphatic rings. The van der Waals surface area contributed by atoms with Crippen LogP contribution in [0.1, 0.15) is 415 Å². The van der Waals surface area contributed by atoms with E-state index in [-0.39, 0.29) is 26.4 Å². The Bertz CT molecular complexity index is 4050. The highest BCUT2D eigenvalue weighted by atomic mass is 16.6. The van der Waals surface area contributed by atoms with Gasteiger partial charge in [-0.2, -0.15) is 0 Å². The van der Waals surface area contributed by atoms with Gasteiger partial charge in [0.15, 0.2) is 69.0 Å². The largest absolute Gasteiger partial charge is 0.490 e. The summed E-state index contributed by atoms with van der Waals surface area (Å²) >= 11 is 0. The van der Waals surface area contributed by atoms with Crippen LogP contribution in [0.2, 0.25) is 0 Å². The second kappa shape index (κ2) is 67.1. The third kappa shape index (κ3) is 38.3. The third-order valence-corrected chi connectivity index (χ3v) is 26.2. The monoisotopic (exact) mass is 1800 g/mol. The van der Waals surface area contributed by atoms with Gasteiger partial charge in [-0.25, -0.2) is 0 Å². The first-order valence-corrected chi connectivity index (χ1v) is 54.2. The lowest BCUT2D eigenvalue weighted by atomic mass is 9.93. The Morgan fingerprint density at radius 3 is 0.408 bits per heavy atom. The minimum absolute atomic E-state index is 0.180. The summed E-state index contributed by atoms with van der Waals surface area (Å²) in [6.07, 6.45) is 67.1. The van der Waals surface area contributed by atoms with Crippen LogP contribution in [-0.4, -0.2) is 106 Å². The van der Waals surface area contributed by atoms with E-state index in [1.807, 2.05) is 0 Å². The Kier molecular flexibility index (Phi) is 55.0. The topological polar surface area (TPSA) is 129 Å². The van der Waals surface area contributed by atoms with Crippen LogP contribution in [0.5, 0.6) is 69.0 Å². The summed E-state index contributed by atoms with van der Waals surface area (Å²) in [6.45, 7) is 25.5. The number of fused-ring (bicyclic) bond motifs is 14. The predicted molar refractivity (Wildman–Crippen MR) is 549 cm³/mol. The van der Waals surface area contributed by atoms with Crippen LogP contribution >= 0.6 is 0 Å². The van der Waals surface area contributed by atoms with Gasteiger partial charge in [-0.15, -0.1) is 0 Å². The normalized spacial score (nSPS) is 13.0. The van der Waals surface area contributed by atoms with E-state index in [0.29, 0.717) is 102 Å². The summed E-state index contributed by atoms with van der Waals surface area (Å²) in [5.41, 5.74) is 0. The van der Waals surface area contributed by atoms with Crippen molar-refractivity contribution in [2.75, 3.05) is 106 Å². The lowest BCUT2D eigenvalue weighted by Gasteiger charge is -2.21. The SMILES string of the molecule is CCCCCCCCCOc1cc2c3cc(OCCCCCCCCC)c(OCCCCCCCCC)cc3c3cc4c(cc3c2cc1OCCCCCCCCC)OCCOCCOCCOc1cc2c3cc(OCCCCCCCCC)c(OCCCCCCCCC)cc3c3cc(OCCCCCCCCC)c(OCCCCCCCCC)cc3c2cc1OCCO4. The molecule has 14 nitrogen and oxygen atoms in total. The number of unbranched alkanes of at least 4 members (excludes halogenated alkanes) is 48. The zero-order chi connectivity index (χ0) is 91.2. The Morgan fingerprint density at radius 1 is 0.146 bits per heavy atom. The third-order valence-electron chi connectivity index (χ3n) is 26.2. The van der Waals surface area contributed by atoms with Gasteiger partial charge in [0.2, 0.25) is 0 Å².